The Hall–Kier alpha value is -6.56. The number of unbranched alkanes of at least 4 members (excludes halogenated alkanes) is 2. The molecule has 0 saturated heterocycles. The number of fused-ring (bicyclic) bond motifs is 1. The average Bonchev–Trinajstić information content (AvgIpc) is 3.74. The van der Waals surface area contributed by atoms with Crippen molar-refractivity contribution < 1.29 is 53.6 Å². The van der Waals surface area contributed by atoms with E-state index in [1.807, 2.05) is 30.3 Å². The van der Waals surface area contributed by atoms with Gasteiger partial charge in [0.05, 0.1) is 6.33 Å². The zero-order valence-electron chi connectivity index (χ0n) is 33.6. The van der Waals surface area contributed by atoms with E-state index in [-0.39, 0.29) is 17.9 Å². The molecule has 2 aromatic carbocycles. The number of nitrogens with two attached hydrogens (primary N) is 4. The second-order valence-corrected chi connectivity index (χ2v) is 13.1. The Balaban J connectivity index is 0.000000440. The summed E-state index contributed by atoms with van der Waals surface area (Å²) in [6.07, 6.45) is 7.41. The molecule has 0 aliphatic heterocycles. The molecule has 2 heterocycles. The SMILES string of the molecule is CC(=O)N[C@@H](Cc1cnc[nH]1)C(=O)O.NCCCC[C@H](N)C(=O)O.NCCCC[C@H](NNNC(=O)c1cc2ccccc2oc1=O)C(=O)O.N[C@@H](Cc1ccccc1)C(=O)O. The van der Waals surface area contributed by atoms with E-state index in [0.29, 0.717) is 61.9 Å². The van der Waals surface area contributed by atoms with Crippen LogP contribution in [-0.4, -0.2) is 103 Å². The van der Waals surface area contributed by atoms with Gasteiger partial charge in [0.25, 0.3) is 5.91 Å². The molecule has 0 spiro atoms. The van der Waals surface area contributed by atoms with Crippen molar-refractivity contribution in [3.05, 3.63) is 100 Å². The van der Waals surface area contributed by atoms with Gasteiger partial charge in [-0.2, -0.15) is 5.53 Å². The molecule has 4 atom stereocenters. The predicted molar refractivity (Wildman–Crippen MR) is 222 cm³/mol. The number of aliphatic carboxylic acids is 4. The molecule has 0 saturated carbocycles. The van der Waals surface area contributed by atoms with Crippen molar-refractivity contribution in [3.63, 3.8) is 0 Å². The number of benzene rings is 2. The summed E-state index contributed by atoms with van der Waals surface area (Å²) in [6, 6.07) is 14.2. The highest BCUT2D eigenvalue weighted by molar-refractivity contribution is 5.96. The van der Waals surface area contributed by atoms with Crippen LogP contribution in [0.25, 0.3) is 11.0 Å². The van der Waals surface area contributed by atoms with Gasteiger partial charge >= 0.3 is 29.5 Å². The molecule has 61 heavy (non-hydrogen) atoms. The number of rotatable bonds is 21. The Morgan fingerprint density at radius 3 is 1.89 bits per heavy atom. The molecule has 0 aliphatic rings. The Morgan fingerprint density at radius 1 is 0.754 bits per heavy atom. The van der Waals surface area contributed by atoms with Crippen molar-refractivity contribution in [2.45, 2.75) is 82.5 Å². The number of nitrogens with one attached hydrogen (secondary N) is 5. The van der Waals surface area contributed by atoms with Crippen molar-refractivity contribution in [3.8, 4) is 0 Å². The summed E-state index contributed by atoms with van der Waals surface area (Å²) in [6.45, 7) is 2.36. The maximum absolute atomic E-state index is 12.1. The number of carbonyl (C=O) groups is 6. The van der Waals surface area contributed by atoms with Gasteiger partial charge in [-0.25, -0.2) is 20.0 Å². The van der Waals surface area contributed by atoms with Gasteiger partial charge in [-0.05, 0) is 69.3 Å². The van der Waals surface area contributed by atoms with Crippen molar-refractivity contribution in [2.75, 3.05) is 13.1 Å². The van der Waals surface area contributed by atoms with Crippen molar-refractivity contribution in [1.82, 2.24) is 31.7 Å². The smallest absolute Gasteiger partial charge is 0.349 e. The van der Waals surface area contributed by atoms with Crippen molar-refractivity contribution >= 4 is 46.7 Å². The van der Waals surface area contributed by atoms with Gasteiger partial charge in [0.15, 0.2) is 0 Å². The second kappa shape index (κ2) is 29.6. The third-order valence-electron chi connectivity index (χ3n) is 8.11. The van der Waals surface area contributed by atoms with Gasteiger partial charge in [0.1, 0.15) is 35.3 Å². The quantitative estimate of drug-likeness (QED) is 0.0294. The van der Waals surface area contributed by atoms with Gasteiger partial charge in [0, 0.05) is 30.6 Å². The van der Waals surface area contributed by atoms with Crippen LogP contribution in [0.2, 0.25) is 0 Å². The normalized spacial score (nSPS) is 12.3. The first-order chi connectivity index (χ1) is 29.0. The van der Waals surface area contributed by atoms with Gasteiger partial charge in [-0.3, -0.25) is 29.4 Å². The van der Waals surface area contributed by atoms with Crippen LogP contribution in [0.1, 0.15) is 67.1 Å². The Labute approximate surface area is 350 Å². The average molecular weight is 857 g/mol. The van der Waals surface area contributed by atoms with Crippen molar-refractivity contribution in [2.24, 2.45) is 22.9 Å². The minimum Gasteiger partial charge on any atom is -0.480 e. The first kappa shape index (κ1) is 52.5. The number of hydrogen-bond acceptors (Lipinski definition) is 15. The number of hydrogen-bond donors (Lipinski definition) is 13. The van der Waals surface area contributed by atoms with E-state index in [9.17, 15) is 33.6 Å². The van der Waals surface area contributed by atoms with E-state index in [1.54, 1.807) is 24.3 Å². The lowest BCUT2D eigenvalue weighted by Gasteiger charge is -2.15. The predicted octanol–water partition coefficient (Wildman–Crippen LogP) is -0.176. The number of amides is 2. The van der Waals surface area contributed by atoms with E-state index in [2.05, 4.69) is 31.7 Å². The molecule has 0 fully saturated rings. The van der Waals surface area contributed by atoms with E-state index in [4.69, 9.17) is 47.8 Å². The molecule has 17 N–H and O–H groups in total. The summed E-state index contributed by atoms with van der Waals surface area (Å²) >= 11 is 0. The van der Waals surface area contributed by atoms with E-state index < -0.39 is 59.6 Å². The molecule has 0 unspecified atom stereocenters. The largest absolute Gasteiger partial charge is 0.480 e. The van der Waals surface area contributed by atoms with Gasteiger partial charge < -0.3 is 58.1 Å². The van der Waals surface area contributed by atoms with Crippen LogP contribution >= 0.6 is 0 Å². The summed E-state index contributed by atoms with van der Waals surface area (Å²) in [7, 11) is 0. The molecule has 0 bridgehead atoms. The number of aromatic amines is 1. The molecule has 22 heteroatoms. The molecule has 22 nitrogen and oxygen atoms in total. The van der Waals surface area contributed by atoms with Crippen LogP contribution in [0.15, 0.2) is 82.4 Å². The number of carboxylic acids is 4. The maximum Gasteiger partial charge on any atom is 0.349 e. The molecule has 2 aromatic heterocycles. The van der Waals surface area contributed by atoms with Crippen molar-refractivity contribution in [1.29, 1.82) is 0 Å². The zero-order chi connectivity index (χ0) is 45.7. The van der Waals surface area contributed by atoms with E-state index in [1.165, 1.54) is 25.5 Å². The lowest BCUT2D eigenvalue weighted by atomic mass is 10.1. The summed E-state index contributed by atoms with van der Waals surface area (Å²) in [5, 5.41) is 37.7. The number of para-hydroxylation sites is 1. The number of carbonyl (C=O) groups excluding carboxylic acids is 2. The number of imidazole rings is 1. The number of carboxylic acid groups (broad SMARTS) is 4. The van der Waals surface area contributed by atoms with Crippen LogP contribution in [-0.2, 0) is 36.8 Å². The molecule has 4 aromatic rings. The molecule has 334 valence electrons. The molecule has 4 rings (SSSR count). The Kier molecular flexibility index (Phi) is 25.5. The van der Waals surface area contributed by atoms with E-state index >= 15 is 0 Å². The van der Waals surface area contributed by atoms with Crippen LogP contribution in [0.3, 0.4) is 0 Å². The number of nitrogens with zero attached hydrogens (tertiary/aromatic N) is 1. The number of hydrazine groups is 2. The third kappa shape index (κ3) is 22.4. The first-order valence-corrected chi connectivity index (χ1v) is 18.9. The topological polar surface area (TPSA) is 394 Å². The fourth-order valence-corrected chi connectivity index (χ4v) is 4.87. The van der Waals surface area contributed by atoms with Crippen LogP contribution in [0, 0.1) is 0 Å². The first-order valence-electron chi connectivity index (χ1n) is 18.9. The van der Waals surface area contributed by atoms with Crippen LogP contribution in [0.5, 0.6) is 0 Å². The number of aromatic nitrogens is 2. The Morgan fingerprint density at radius 2 is 1.34 bits per heavy atom. The summed E-state index contributed by atoms with van der Waals surface area (Å²) < 4.78 is 5.07. The van der Waals surface area contributed by atoms with Crippen LogP contribution in [0.4, 0.5) is 0 Å². The van der Waals surface area contributed by atoms with Gasteiger partial charge in [-0.1, -0.05) is 55.0 Å². The molecule has 0 radical (unpaired) electrons. The maximum atomic E-state index is 12.1. The lowest BCUT2D eigenvalue weighted by molar-refractivity contribution is -0.141. The minimum atomic E-state index is -1.07. The standard InChI is InChI=1S/C16H20N4O5.C9H11NO2.C8H11N3O3.C6H14N2O2/c17-8-4-3-6-12(15(22)23)18-20-19-14(21)11-9-10-5-1-2-7-13(10)25-16(11)24;10-8(9(11)12)6-7-4-2-1-3-5-7;1-5(12)11-7(8(13)14)2-6-3-9-4-10-6;7-4-2-1-3-5(8)6(9)10/h1-2,5,7,9,12,18,20H,3-4,6,8,17H2,(H,19,21)(H,22,23);1-5,8H,6,10H2,(H,11,12);3-4,7H,2H2,1H3,(H,9,10)(H,11,12)(H,13,14);5H,1-4,7-8H2,(H,9,10)/t12-;8-;7-;5-/m0000/s1. The van der Waals surface area contributed by atoms with Gasteiger partial charge in [-0.15, -0.1) is 0 Å². The highest BCUT2D eigenvalue weighted by atomic mass is 16.4. The monoisotopic (exact) mass is 856 g/mol. The van der Waals surface area contributed by atoms with E-state index in [0.717, 1.165) is 18.4 Å². The minimum absolute atomic E-state index is 0.192. The Bertz CT molecular complexity index is 2000. The summed E-state index contributed by atoms with van der Waals surface area (Å²) in [4.78, 5) is 83.5. The highest BCUT2D eigenvalue weighted by Crippen LogP contribution is 2.12. The number of H-pyrrole nitrogens is 1. The molecule has 0 aliphatic carbocycles. The molecule has 2 amide bonds. The highest BCUT2D eigenvalue weighted by Gasteiger charge is 2.20. The zero-order valence-corrected chi connectivity index (χ0v) is 33.6. The van der Waals surface area contributed by atoms with Gasteiger partial charge in [0.2, 0.25) is 5.91 Å². The second-order valence-electron chi connectivity index (χ2n) is 13.1. The fourth-order valence-electron chi connectivity index (χ4n) is 4.87. The molecular weight excluding hydrogens is 800 g/mol. The summed E-state index contributed by atoms with van der Waals surface area (Å²) in [5.74, 6) is -5.12. The fraction of sp³-hybridized carbons (Fsp3) is 0.385. The molecular formula is C39H56N10O12. The summed E-state index contributed by atoms with van der Waals surface area (Å²) in [5.41, 5.74) is 29.2. The van der Waals surface area contributed by atoms with Crippen LogP contribution < -0.4 is 50.3 Å². The lowest BCUT2D eigenvalue weighted by Crippen LogP contribution is -2.53. The third-order valence-corrected chi connectivity index (χ3v) is 8.11.